The quantitative estimate of drug-likeness (QED) is 0.799. The van der Waals surface area contributed by atoms with Crippen LogP contribution >= 0.6 is 0 Å². The van der Waals surface area contributed by atoms with Crippen molar-refractivity contribution in [2.45, 2.75) is 25.6 Å². The molecule has 5 heteroatoms. The molecule has 0 radical (unpaired) electrons. The minimum Gasteiger partial charge on any atom is -0.324 e. The first-order chi connectivity index (χ1) is 9.82. The van der Waals surface area contributed by atoms with Gasteiger partial charge >= 0.3 is 6.18 Å². The highest BCUT2D eigenvalue weighted by Gasteiger charge is 2.34. The molecule has 1 atom stereocenters. The maximum absolute atomic E-state index is 13.3. The third-order valence-corrected chi connectivity index (χ3v) is 3.36. The number of nitrogens with two attached hydrogens (primary N) is 1. The standard InChI is InChI=1S/C16H15F4N/c1-2-15(21)12-5-3-4-10(8-12)11-6-7-14(17)13(9-11)16(18,19)20/h3-9,15H,2,21H2,1H3. The van der Waals surface area contributed by atoms with Crippen molar-refractivity contribution >= 4 is 0 Å². The molecule has 0 saturated heterocycles. The molecule has 2 rings (SSSR count). The summed E-state index contributed by atoms with van der Waals surface area (Å²) in [6, 6.07) is 9.80. The minimum atomic E-state index is -4.71. The van der Waals surface area contributed by atoms with Crippen LogP contribution in [0.2, 0.25) is 0 Å². The van der Waals surface area contributed by atoms with Crippen LogP contribution in [0, 0.1) is 5.82 Å². The summed E-state index contributed by atoms with van der Waals surface area (Å²) in [5, 5.41) is 0. The lowest BCUT2D eigenvalue weighted by molar-refractivity contribution is -0.139. The fraction of sp³-hybridized carbons (Fsp3) is 0.250. The first kappa shape index (κ1) is 15.5. The highest BCUT2D eigenvalue weighted by atomic mass is 19.4. The van der Waals surface area contributed by atoms with Crippen LogP contribution in [-0.4, -0.2) is 0 Å². The molecule has 0 heterocycles. The summed E-state index contributed by atoms with van der Waals surface area (Å²) < 4.78 is 51.5. The van der Waals surface area contributed by atoms with Crippen LogP contribution in [0.25, 0.3) is 11.1 Å². The van der Waals surface area contributed by atoms with Crippen molar-refractivity contribution in [3.05, 3.63) is 59.4 Å². The Bertz CT molecular complexity index is 634. The molecular formula is C16H15F4N. The van der Waals surface area contributed by atoms with Crippen molar-refractivity contribution in [1.29, 1.82) is 0 Å². The van der Waals surface area contributed by atoms with Gasteiger partial charge in [-0.3, -0.25) is 0 Å². The van der Waals surface area contributed by atoms with Crippen LogP contribution in [0.4, 0.5) is 17.6 Å². The molecule has 0 spiro atoms. The second-order valence-electron chi connectivity index (χ2n) is 4.83. The number of hydrogen-bond donors (Lipinski definition) is 1. The lowest BCUT2D eigenvalue weighted by Crippen LogP contribution is -2.09. The van der Waals surface area contributed by atoms with Crippen LogP contribution in [0.5, 0.6) is 0 Å². The number of halogens is 4. The molecule has 0 aromatic heterocycles. The van der Waals surface area contributed by atoms with Gasteiger partial charge in [-0.15, -0.1) is 0 Å². The molecule has 0 fully saturated rings. The predicted molar refractivity (Wildman–Crippen MR) is 74.1 cm³/mol. The monoisotopic (exact) mass is 297 g/mol. The van der Waals surface area contributed by atoms with Gasteiger partial charge in [-0.2, -0.15) is 13.2 Å². The summed E-state index contributed by atoms with van der Waals surface area (Å²) in [7, 11) is 0. The number of hydrogen-bond acceptors (Lipinski definition) is 1. The van der Waals surface area contributed by atoms with Crippen molar-refractivity contribution < 1.29 is 17.6 Å². The second kappa shape index (κ2) is 5.85. The van der Waals surface area contributed by atoms with Gasteiger partial charge in [-0.05, 0) is 41.3 Å². The third-order valence-electron chi connectivity index (χ3n) is 3.36. The highest BCUT2D eigenvalue weighted by molar-refractivity contribution is 5.65. The van der Waals surface area contributed by atoms with E-state index in [4.69, 9.17) is 5.73 Å². The number of alkyl halides is 3. The van der Waals surface area contributed by atoms with Crippen molar-refractivity contribution in [1.82, 2.24) is 0 Å². The fourth-order valence-corrected chi connectivity index (χ4v) is 2.11. The average Bonchev–Trinajstić information content (AvgIpc) is 2.46. The van der Waals surface area contributed by atoms with Crippen molar-refractivity contribution in [3.63, 3.8) is 0 Å². The second-order valence-corrected chi connectivity index (χ2v) is 4.83. The Hall–Kier alpha value is -1.88. The van der Waals surface area contributed by atoms with Gasteiger partial charge in [0.2, 0.25) is 0 Å². The summed E-state index contributed by atoms with van der Waals surface area (Å²) in [4.78, 5) is 0. The topological polar surface area (TPSA) is 26.0 Å². The van der Waals surface area contributed by atoms with Crippen molar-refractivity contribution in [2.75, 3.05) is 0 Å². The van der Waals surface area contributed by atoms with E-state index >= 15 is 0 Å². The zero-order valence-corrected chi connectivity index (χ0v) is 11.4. The molecule has 0 aliphatic carbocycles. The molecule has 0 aliphatic rings. The molecule has 1 nitrogen and oxygen atoms in total. The summed E-state index contributed by atoms with van der Waals surface area (Å²) in [6.07, 6.45) is -3.99. The maximum Gasteiger partial charge on any atom is 0.419 e. The lowest BCUT2D eigenvalue weighted by atomic mass is 9.97. The molecule has 2 N–H and O–H groups in total. The maximum atomic E-state index is 13.3. The van der Waals surface area contributed by atoms with Gasteiger partial charge in [0.15, 0.2) is 0 Å². The molecule has 2 aromatic carbocycles. The molecule has 0 saturated carbocycles. The Morgan fingerprint density at radius 2 is 1.71 bits per heavy atom. The zero-order valence-electron chi connectivity index (χ0n) is 11.4. The van der Waals surface area contributed by atoms with E-state index in [1.54, 1.807) is 18.2 Å². The Morgan fingerprint density at radius 1 is 1.05 bits per heavy atom. The molecule has 21 heavy (non-hydrogen) atoms. The normalized spacial score (nSPS) is 13.2. The van der Waals surface area contributed by atoms with Crippen molar-refractivity contribution in [3.8, 4) is 11.1 Å². The largest absolute Gasteiger partial charge is 0.419 e. The minimum absolute atomic E-state index is 0.174. The number of benzene rings is 2. The molecule has 0 amide bonds. The van der Waals surface area contributed by atoms with Gasteiger partial charge in [0.05, 0.1) is 5.56 Å². The SMILES string of the molecule is CCC(N)c1cccc(-c2ccc(F)c(C(F)(F)F)c2)c1. The van der Waals surface area contributed by atoms with E-state index in [1.807, 2.05) is 13.0 Å². The summed E-state index contributed by atoms with van der Waals surface area (Å²) in [5.41, 5.74) is 6.40. The molecule has 1 unspecified atom stereocenters. The first-order valence-electron chi connectivity index (χ1n) is 6.55. The Balaban J connectivity index is 2.48. The molecule has 112 valence electrons. The summed E-state index contributed by atoms with van der Waals surface area (Å²) >= 11 is 0. The fourth-order valence-electron chi connectivity index (χ4n) is 2.11. The molecular weight excluding hydrogens is 282 g/mol. The smallest absolute Gasteiger partial charge is 0.324 e. The van der Waals surface area contributed by atoms with Gasteiger partial charge in [0.25, 0.3) is 0 Å². The van der Waals surface area contributed by atoms with E-state index < -0.39 is 17.6 Å². The van der Waals surface area contributed by atoms with Crippen molar-refractivity contribution in [2.24, 2.45) is 5.73 Å². The molecule has 2 aromatic rings. The van der Waals surface area contributed by atoms with Gasteiger partial charge in [-0.25, -0.2) is 4.39 Å². The Labute approximate surface area is 120 Å². The third kappa shape index (κ3) is 3.42. The average molecular weight is 297 g/mol. The zero-order chi connectivity index (χ0) is 15.6. The van der Waals surface area contributed by atoms with Gasteiger partial charge in [0, 0.05) is 6.04 Å². The number of rotatable bonds is 3. The molecule has 0 aliphatic heterocycles. The summed E-state index contributed by atoms with van der Waals surface area (Å²) in [5.74, 6) is -1.27. The van der Waals surface area contributed by atoms with Gasteiger partial charge < -0.3 is 5.73 Å². The Kier molecular flexibility index (Phi) is 4.32. The van der Waals surface area contributed by atoms with E-state index in [1.165, 1.54) is 6.07 Å². The Morgan fingerprint density at radius 3 is 2.33 bits per heavy atom. The van der Waals surface area contributed by atoms with Crippen LogP contribution in [0.1, 0.15) is 30.5 Å². The van der Waals surface area contributed by atoms with E-state index in [9.17, 15) is 17.6 Å². The lowest BCUT2D eigenvalue weighted by Gasteiger charge is -2.13. The van der Waals surface area contributed by atoms with Crippen LogP contribution in [0.15, 0.2) is 42.5 Å². The van der Waals surface area contributed by atoms with Gasteiger partial charge in [0.1, 0.15) is 5.82 Å². The van der Waals surface area contributed by atoms with E-state index in [0.717, 1.165) is 24.1 Å². The summed E-state index contributed by atoms with van der Waals surface area (Å²) in [6.45, 7) is 1.93. The van der Waals surface area contributed by atoms with E-state index in [2.05, 4.69) is 0 Å². The predicted octanol–water partition coefficient (Wildman–Crippen LogP) is 4.92. The van der Waals surface area contributed by atoms with E-state index in [0.29, 0.717) is 11.1 Å². The van der Waals surface area contributed by atoms with Crippen LogP contribution < -0.4 is 5.73 Å². The van der Waals surface area contributed by atoms with E-state index in [-0.39, 0.29) is 6.04 Å². The van der Waals surface area contributed by atoms with Crippen LogP contribution in [-0.2, 0) is 6.18 Å². The highest BCUT2D eigenvalue weighted by Crippen LogP contribution is 2.34. The molecule has 0 bridgehead atoms. The van der Waals surface area contributed by atoms with Gasteiger partial charge in [-0.1, -0.05) is 31.2 Å². The van der Waals surface area contributed by atoms with Crippen LogP contribution in [0.3, 0.4) is 0 Å². The first-order valence-corrected chi connectivity index (χ1v) is 6.55.